The number of ether oxygens (including phenoxy) is 2. The minimum atomic E-state index is -0.200. The summed E-state index contributed by atoms with van der Waals surface area (Å²) in [4.78, 5) is 25.9. The number of hydrogen-bond acceptors (Lipinski definition) is 4. The highest BCUT2D eigenvalue weighted by Gasteiger charge is 2.16. The maximum absolute atomic E-state index is 12.2. The first-order chi connectivity index (χ1) is 12.6. The fraction of sp³-hybridized carbons (Fsp3) is 0.300. The van der Waals surface area contributed by atoms with Crippen LogP contribution in [0.4, 0.5) is 5.69 Å². The first-order valence-corrected chi connectivity index (χ1v) is 8.49. The van der Waals surface area contributed by atoms with Crippen LogP contribution in [0.1, 0.15) is 24.2 Å². The van der Waals surface area contributed by atoms with Crippen molar-refractivity contribution in [2.75, 3.05) is 31.7 Å². The molecule has 2 rings (SSSR count). The van der Waals surface area contributed by atoms with E-state index in [1.165, 1.54) is 6.92 Å². The predicted octanol–water partition coefficient (Wildman–Crippen LogP) is 2.88. The van der Waals surface area contributed by atoms with Crippen LogP contribution in [0.3, 0.4) is 0 Å². The lowest BCUT2D eigenvalue weighted by Gasteiger charge is -2.23. The molecule has 26 heavy (non-hydrogen) atoms. The van der Waals surface area contributed by atoms with Crippen LogP contribution in [-0.4, -0.2) is 38.6 Å². The molecule has 2 aromatic carbocycles. The van der Waals surface area contributed by atoms with Gasteiger partial charge in [0, 0.05) is 25.6 Å². The van der Waals surface area contributed by atoms with Gasteiger partial charge in [-0.25, -0.2) is 0 Å². The van der Waals surface area contributed by atoms with Gasteiger partial charge in [-0.05, 0) is 43.3 Å². The van der Waals surface area contributed by atoms with Crippen LogP contribution in [0.25, 0.3) is 0 Å². The van der Waals surface area contributed by atoms with Crippen molar-refractivity contribution in [2.24, 2.45) is 0 Å². The molecule has 0 unspecified atom stereocenters. The van der Waals surface area contributed by atoms with Crippen LogP contribution < -0.4 is 19.7 Å². The van der Waals surface area contributed by atoms with Crippen LogP contribution in [0, 0.1) is 0 Å². The van der Waals surface area contributed by atoms with Crippen molar-refractivity contribution in [1.82, 2.24) is 5.32 Å². The number of carbonyl (C=O) groups is 2. The van der Waals surface area contributed by atoms with Gasteiger partial charge in [0.05, 0.1) is 19.4 Å². The Balaban J connectivity index is 2.00. The summed E-state index contributed by atoms with van der Waals surface area (Å²) in [6, 6.07) is 14.2. The highest BCUT2D eigenvalue weighted by Crippen LogP contribution is 2.27. The summed E-state index contributed by atoms with van der Waals surface area (Å²) in [5, 5.41) is 2.83. The highest BCUT2D eigenvalue weighted by molar-refractivity contribution is 5.95. The molecule has 0 bridgehead atoms. The smallest absolute Gasteiger partial charge is 0.251 e. The largest absolute Gasteiger partial charge is 0.497 e. The molecule has 138 valence electrons. The monoisotopic (exact) mass is 356 g/mol. The number of nitrogens with zero attached hydrogens (tertiary/aromatic N) is 1. The van der Waals surface area contributed by atoms with Gasteiger partial charge < -0.3 is 19.7 Å². The van der Waals surface area contributed by atoms with Crippen molar-refractivity contribution in [3.63, 3.8) is 0 Å². The molecule has 0 radical (unpaired) electrons. The molecule has 0 atom stereocenters. The summed E-state index contributed by atoms with van der Waals surface area (Å²) >= 11 is 0. The van der Waals surface area contributed by atoms with E-state index in [4.69, 9.17) is 9.47 Å². The maximum Gasteiger partial charge on any atom is 0.251 e. The van der Waals surface area contributed by atoms with Crippen molar-refractivity contribution >= 4 is 17.5 Å². The van der Waals surface area contributed by atoms with E-state index in [2.05, 4.69) is 5.32 Å². The zero-order chi connectivity index (χ0) is 18.9. The number of rotatable bonds is 8. The van der Waals surface area contributed by atoms with Crippen molar-refractivity contribution in [3.8, 4) is 11.5 Å². The Morgan fingerprint density at radius 1 is 1.08 bits per heavy atom. The van der Waals surface area contributed by atoms with Crippen LogP contribution in [0.15, 0.2) is 48.5 Å². The van der Waals surface area contributed by atoms with E-state index in [1.54, 1.807) is 36.3 Å². The lowest BCUT2D eigenvalue weighted by atomic mass is 10.2. The van der Waals surface area contributed by atoms with Gasteiger partial charge in [0.25, 0.3) is 5.91 Å². The molecule has 2 aromatic rings. The number of anilines is 1. The zero-order valence-electron chi connectivity index (χ0n) is 15.3. The number of hydrogen-bond donors (Lipinski definition) is 1. The highest BCUT2D eigenvalue weighted by atomic mass is 16.5. The molecule has 0 saturated carbocycles. The van der Waals surface area contributed by atoms with Crippen LogP contribution in [-0.2, 0) is 4.79 Å². The molecule has 6 heteroatoms. The van der Waals surface area contributed by atoms with Gasteiger partial charge in [0.15, 0.2) is 0 Å². The minimum absolute atomic E-state index is 0.115. The van der Waals surface area contributed by atoms with Gasteiger partial charge in [0.1, 0.15) is 11.5 Å². The third-order valence-electron chi connectivity index (χ3n) is 3.81. The van der Waals surface area contributed by atoms with E-state index in [0.717, 1.165) is 0 Å². The number of methoxy groups -OCH3 is 1. The number of carbonyl (C=O) groups excluding carboxylic acids is 2. The van der Waals surface area contributed by atoms with Gasteiger partial charge >= 0.3 is 0 Å². The quantitative estimate of drug-likeness (QED) is 0.790. The van der Waals surface area contributed by atoms with Crippen molar-refractivity contribution in [2.45, 2.75) is 13.8 Å². The van der Waals surface area contributed by atoms with Gasteiger partial charge in [-0.2, -0.15) is 0 Å². The van der Waals surface area contributed by atoms with Crippen LogP contribution >= 0.6 is 0 Å². The molecule has 0 aliphatic heterocycles. The predicted molar refractivity (Wildman–Crippen MR) is 101 cm³/mol. The Morgan fingerprint density at radius 2 is 1.77 bits per heavy atom. The van der Waals surface area contributed by atoms with Crippen LogP contribution in [0.2, 0.25) is 0 Å². The van der Waals surface area contributed by atoms with E-state index in [1.807, 2.05) is 31.2 Å². The second kappa shape index (κ2) is 9.46. The number of nitrogens with one attached hydrogen (secondary N) is 1. The van der Waals surface area contributed by atoms with E-state index >= 15 is 0 Å². The topological polar surface area (TPSA) is 67.9 Å². The number of amides is 2. The summed E-state index contributed by atoms with van der Waals surface area (Å²) < 4.78 is 10.7. The fourth-order valence-electron chi connectivity index (χ4n) is 2.53. The zero-order valence-corrected chi connectivity index (χ0v) is 15.3. The van der Waals surface area contributed by atoms with Gasteiger partial charge in [-0.15, -0.1) is 0 Å². The van der Waals surface area contributed by atoms with E-state index < -0.39 is 0 Å². The second-order valence-corrected chi connectivity index (χ2v) is 5.56. The standard InChI is InChI=1S/C20H24N2O4/c1-4-26-19-8-6-5-7-18(19)22(15(2)23)14-13-21-20(24)16-9-11-17(25-3)12-10-16/h5-12H,4,13-14H2,1-3H3,(H,21,24). The summed E-state index contributed by atoms with van der Waals surface area (Å²) in [6.07, 6.45) is 0. The Kier molecular flexibility index (Phi) is 7.02. The Hall–Kier alpha value is -3.02. The molecule has 6 nitrogen and oxygen atoms in total. The van der Waals surface area contributed by atoms with Crippen LogP contribution in [0.5, 0.6) is 11.5 Å². The first kappa shape index (κ1) is 19.3. The molecule has 0 aromatic heterocycles. The number of benzene rings is 2. The molecule has 0 aliphatic rings. The van der Waals surface area contributed by atoms with E-state index in [0.29, 0.717) is 42.4 Å². The molecule has 0 saturated heterocycles. The lowest BCUT2D eigenvalue weighted by Crippen LogP contribution is -2.37. The average molecular weight is 356 g/mol. The molecule has 0 fully saturated rings. The molecule has 0 aliphatic carbocycles. The molecule has 0 spiro atoms. The molecule has 0 heterocycles. The summed E-state index contributed by atoms with van der Waals surface area (Å²) in [5.74, 6) is 1.02. The summed E-state index contributed by atoms with van der Waals surface area (Å²) in [7, 11) is 1.57. The molecular weight excluding hydrogens is 332 g/mol. The summed E-state index contributed by atoms with van der Waals surface area (Å²) in [5.41, 5.74) is 1.23. The number of para-hydroxylation sites is 2. The van der Waals surface area contributed by atoms with Gasteiger partial charge in [-0.1, -0.05) is 12.1 Å². The molecule has 2 amide bonds. The summed E-state index contributed by atoms with van der Waals surface area (Å²) in [6.45, 7) is 4.57. The Bertz CT molecular complexity index is 744. The normalized spacial score (nSPS) is 10.1. The fourth-order valence-corrected chi connectivity index (χ4v) is 2.53. The third kappa shape index (κ3) is 4.99. The van der Waals surface area contributed by atoms with E-state index in [9.17, 15) is 9.59 Å². The second-order valence-electron chi connectivity index (χ2n) is 5.56. The third-order valence-corrected chi connectivity index (χ3v) is 3.81. The average Bonchev–Trinajstić information content (AvgIpc) is 2.66. The minimum Gasteiger partial charge on any atom is -0.497 e. The van der Waals surface area contributed by atoms with E-state index in [-0.39, 0.29) is 11.8 Å². The van der Waals surface area contributed by atoms with Crippen molar-refractivity contribution in [3.05, 3.63) is 54.1 Å². The lowest BCUT2D eigenvalue weighted by molar-refractivity contribution is -0.116. The van der Waals surface area contributed by atoms with Gasteiger partial charge in [0.2, 0.25) is 5.91 Å². The molecule has 1 N–H and O–H groups in total. The van der Waals surface area contributed by atoms with Crippen molar-refractivity contribution < 1.29 is 19.1 Å². The Labute approximate surface area is 153 Å². The Morgan fingerprint density at radius 3 is 2.38 bits per heavy atom. The maximum atomic E-state index is 12.2. The SMILES string of the molecule is CCOc1ccccc1N(CCNC(=O)c1ccc(OC)cc1)C(C)=O. The first-order valence-electron chi connectivity index (χ1n) is 8.49. The molecular formula is C20H24N2O4. The van der Waals surface area contributed by atoms with Crippen molar-refractivity contribution in [1.29, 1.82) is 0 Å². The van der Waals surface area contributed by atoms with Gasteiger partial charge in [-0.3, -0.25) is 9.59 Å².